The molecule has 4 nitrogen and oxygen atoms in total. The molecular formula is C14H10F3NO3. The number of para-hydroxylation sites is 1. The summed E-state index contributed by atoms with van der Waals surface area (Å²) in [7, 11) is 1.33. The van der Waals surface area contributed by atoms with Crippen LogP contribution in [-0.4, -0.2) is 24.7 Å². The van der Waals surface area contributed by atoms with Gasteiger partial charge in [-0.2, -0.15) is 0 Å². The first-order chi connectivity index (χ1) is 9.94. The number of alkyl halides is 3. The Bertz CT molecular complexity index is 656. The number of carbonyl (C=O) groups is 1. The number of nitrogens with zero attached hydrogens (tertiary/aromatic N) is 1. The van der Waals surface area contributed by atoms with Gasteiger partial charge < -0.3 is 9.47 Å². The number of carbonyl (C=O) groups excluding carboxylic acids is 1. The number of hydrogen-bond acceptors (Lipinski definition) is 4. The van der Waals surface area contributed by atoms with Crippen LogP contribution >= 0.6 is 0 Å². The molecule has 110 valence electrons. The molecule has 1 aromatic heterocycles. The third kappa shape index (κ3) is 3.50. The monoisotopic (exact) mass is 297 g/mol. The number of ether oxygens (including phenoxy) is 2. The highest BCUT2D eigenvalue weighted by atomic mass is 19.4. The molecule has 7 heteroatoms. The fourth-order valence-electron chi connectivity index (χ4n) is 1.79. The van der Waals surface area contributed by atoms with Crippen LogP contribution in [0.3, 0.4) is 0 Å². The van der Waals surface area contributed by atoms with E-state index in [1.807, 2.05) is 0 Å². The Balaban J connectivity index is 2.58. The second-order valence-corrected chi connectivity index (χ2v) is 3.99. The number of aldehydes is 1. The van der Waals surface area contributed by atoms with Crippen molar-refractivity contribution in [3.05, 3.63) is 42.1 Å². The zero-order valence-corrected chi connectivity index (χ0v) is 10.8. The molecule has 0 saturated carbocycles. The highest BCUT2D eigenvalue weighted by molar-refractivity contribution is 5.82. The summed E-state index contributed by atoms with van der Waals surface area (Å²) in [6.07, 6.45) is -3.01. The van der Waals surface area contributed by atoms with Crippen molar-refractivity contribution in [3.63, 3.8) is 0 Å². The molecule has 0 unspecified atom stereocenters. The van der Waals surface area contributed by atoms with Crippen molar-refractivity contribution in [2.45, 2.75) is 6.36 Å². The lowest BCUT2D eigenvalue weighted by Gasteiger charge is -2.14. The molecule has 1 aromatic carbocycles. The largest absolute Gasteiger partial charge is 0.573 e. The number of halogens is 3. The maximum Gasteiger partial charge on any atom is 0.573 e. The quantitative estimate of drug-likeness (QED) is 0.811. The minimum atomic E-state index is -4.82. The van der Waals surface area contributed by atoms with Gasteiger partial charge in [0.2, 0.25) is 5.88 Å². The molecular weight excluding hydrogens is 287 g/mol. The van der Waals surface area contributed by atoms with Crippen LogP contribution in [0.2, 0.25) is 0 Å². The summed E-state index contributed by atoms with van der Waals surface area (Å²) < 4.78 is 46.3. The Hall–Kier alpha value is -2.57. The topological polar surface area (TPSA) is 48.4 Å². The zero-order chi connectivity index (χ0) is 15.5. The lowest BCUT2D eigenvalue weighted by molar-refractivity contribution is -0.274. The molecule has 2 rings (SSSR count). The molecule has 0 aliphatic rings. The third-order valence-electron chi connectivity index (χ3n) is 2.60. The first-order valence-corrected chi connectivity index (χ1v) is 5.79. The second kappa shape index (κ2) is 5.82. The summed E-state index contributed by atoms with van der Waals surface area (Å²) >= 11 is 0. The summed E-state index contributed by atoms with van der Waals surface area (Å²) in [5.41, 5.74) is 0.581. The Labute approximate surface area is 118 Å². The molecule has 0 saturated heterocycles. The van der Waals surface area contributed by atoms with Crippen LogP contribution in [0.25, 0.3) is 11.1 Å². The number of aromatic nitrogens is 1. The van der Waals surface area contributed by atoms with Crippen molar-refractivity contribution in [2.24, 2.45) is 0 Å². The van der Waals surface area contributed by atoms with Gasteiger partial charge in [0.15, 0.2) is 6.29 Å². The highest BCUT2D eigenvalue weighted by Crippen LogP contribution is 2.37. The number of pyridine rings is 1. The first-order valence-electron chi connectivity index (χ1n) is 5.79. The van der Waals surface area contributed by atoms with Gasteiger partial charge in [0, 0.05) is 22.9 Å². The summed E-state index contributed by atoms with van der Waals surface area (Å²) in [5.74, 6) is -0.299. The first kappa shape index (κ1) is 14.8. The number of hydrogen-bond donors (Lipinski definition) is 0. The smallest absolute Gasteiger partial charge is 0.481 e. The Morgan fingerprint density at radius 2 is 1.90 bits per heavy atom. The van der Waals surface area contributed by atoms with Gasteiger partial charge in [-0.3, -0.25) is 4.79 Å². The number of rotatable bonds is 4. The van der Waals surface area contributed by atoms with E-state index in [0.717, 1.165) is 0 Å². The van der Waals surface area contributed by atoms with Crippen molar-refractivity contribution >= 4 is 6.29 Å². The van der Waals surface area contributed by atoms with Crippen molar-refractivity contribution in [1.82, 2.24) is 4.98 Å². The normalized spacial score (nSPS) is 11.0. The van der Waals surface area contributed by atoms with Crippen LogP contribution < -0.4 is 9.47 Å². The fourth-order valence-corrected chi connectivity index (χ4v) is 1.79. The molecule has 2 aromatic rings. The number of methoxy groups -OCH3 is 1. The van der Waals surface area contributed by atoms with Gasteiger partial charge in [-0.1, -0.05) is 18.2 Å². The molecule has 0 aliphatic heterocycles. The van der Waals surface area contributed by atoms with E-state index in [4.69, 9.17) is 4.74 Å². The molecule has 21 heavy (non-hydrogen) atoms. The average Bonchev–Trinajstić information content (AvgIpc) is 2.45. The zero-order valence-electron chi connectivity index (χ0n) is 10.8. The van der Waals surface area contributed by atoms with Crippen LogP contribution in [0.4, 0.5) is 13.2 Å². The van der Waals surface area contributed by atoms with Crippen LogP contribution in [0.5, 0.6) is 11.6 Å². The summed E-state index contributed by atoms with van der Waals surface area (Å²) in [6, 6.07) is 6.95. The minimum absolute atomic E-state index is 0.0961. The van der Waals surface area contributed by atoms with E-state index in [2.05, 4.69) is 9.72 Å². The maximum absolute atomic E-state index is 12.4. The molecule has 0 fully saturated rings. The van der Waals surface area contributed by atoms with Crippen LogP contribution in [0.15, 0.2) is 36.5 Å². The molecule has 0 bridgehead atoms. The standard InChI is InChI=1S/C14H10F3NO3/c1-20-13-11(6-9(8-19)7-18-13)10-4-2-3-5-12(10)21-14(15,16)17/h2-8H,1H3. The summed E-state index contributed by atoms with van der Waals surface area (Å²) in [5, 5.41) is 0. The van der Waals surface area contributed by atoms with Gasteiger partial charge in [0.25, 0.3) is 0 Å². The van der Waals surface area contributed by atoms with Crippen LogP contribution in [0.1, 0.15) is 10.4 Å². The molecule has 0 spiro atoms. The predicted octanol–water partition coefficient (Wildman–Crippen LogP) is 3.47. The van der Waals surface area contributed by atoms with E-state index in [9.17, 15) is 18.0 Å². The SMILES string of the molecule is COc1ncc(C=O)cc1-c1ccccc1OC(F)(F)F. The average molecular weight is 297 g/mol. The lowest BCUT2D eigenvalue weighted by Crippen LogP contribution is -2.17. The minimum Gasteiger partial charge on any atom is -0.481 e. The van der Waals surface area contributed by atoms with Gasteiger partial charge in [-0.05, 0) is 12.1 Å². The van der Waals surface area contributed by atoms with Gasteiger partial charge in [-0.25, -0.2) is 4.98 Å². The van der Waals surface area contributed by atoms with E-state index in [0.29, 0.717) is 6.29 Å². The van der Waals surface area contributed by atoms with Crippen LogP contribution in [0, 0.1) is 0 Å². The summed E-state index contributed by atoms with van der Waals surface area (Å²) in [4.78, 5) is 14.7. The fraction of sp³-hybridized carbons (Fsp3) is 0.143. The molecule has 0 N–H and O–H groups in total. The Kier molecular flexibility index (Phi) is 4.11. The molecule has 0 aliphatic carbocycles. The van der Waals surface area contributed by atoms with Crippen molar-refractivity contribution in [1.29, 1.82) is 0 Å². The van der Waals surface area contributed by atoms with Crippen LogP contribution in [-0.2, 0) is 0 Å². The van der Waals surface area contributed by atoms with E-state index >= 15 is 0 Å². The van der Waals surface area contributed by atoms with E-state index in [1.165, 1.54) is 37.6 Å². The van der Waals surface area contributed by atoms with Crippen molar-refractivity contribution < 1.29 is 27.4 Å². The third-order valence-corrected chi connectivity index (χ3v) is 2.60. The van der Waals surface area contributed by atoms with Gasteiger partial charge in [-0.15, -0.1) is 13.2 Å². The molecule has 0 amide bonds. The Morgan fingerprint density at radius 3 is 2.52 bits per heavy atom. The van der Waals surface area contributed by atoms with Crippen molar-refractivity contribution in [2.75, 3.05) is 7.11 Å². The predicted molar refractivity (Wildman–Crippen MR) is 68.3 cm³/mol. The van der Waals surface area contributed by atoms with E-state index in [-0.39, 0.29) is 22.6 Å². The molecule has 0 atom stereocenters. The van der Waals surface area contributed by atoms with Crippen molar-refractivity contribution in [3.8, 4) is 22.8 Å². The lowest BCUT2D eigenvalue weighted by atomic mass is 10.0. The molecule has 0 radical (unpaired) electrons. The number of benzene rings is 1. The van der Waals surface area contributed by atoms with E-state index in [1.54, 1.807) is 6.07 Å². The van der Waals surface area contributed by atoms with Gasteiger partial charge in [0.1, 0.15) is 5.75 Å². The second-order valence-electron chi connectivity index (χ2n) is 3.99. The molecule has 1 heterocycles. The van der Waals surface area contributed by atoms with Gasteiger partial charge in [0.05, 0.1) is 7.11 Å². The maximum atomic E-state index is 12.4. The Morgan fingerprint density at radius 1 is 1.19 bits per heavy atom. The van der Waals surface area contributed by atoms with Gasteiger partial charge >= 0.3 is 6.36 Å². The summed E-state index contributed by atoms with van der Waals surface area (Å²) in [6.45, 7) is 0. The van der Waals surface area contributed by atoms with E-state index < -0.39 is 12.1 Å². The highest BCUT2D eigenvalue weighted by Gasteiger charge is 2.32.